The van der Waals surface area contributed by atoms with Gasteiger partial charge in [-0.15, -0.1) is 0 Å². The van der Waals surface area contributed by atoms with Gasteiger partial charge in [0.05, 0.1) is 0 Å². The molecule has 36 heavy (non-hydrogen) atoms. The van der Waals surface area contributed by atoms with Gasteiger partial charge < -0.3 is 0 Å². The van der Waals surface area contributed by atoms with E-state index in [1.807, 2.05) is 0 Å². The molecule has 10 rings (SSSR count). The van der Waals surface area contributed by atoms with Crippen LogP contribution in [0.1, 0.15) is 68.9 Å². The number of rotatable bonds is 0. The lowest BCUT2D eigenvalue weighted by Gasteiger charge is -2.47. The van der Waals surface area contributed by atoms with Gasteiger partial charge in [-0.2, -0.15) is 0 Å². The number of fused-ring (bicyclic) bond motifs is 12. The predicted octanol–water partition coefficient (Wildman–Crippen LogP) is 9.10. The molecular weight excluding hydrogens is 432 g/mol. The molecule has 0 unspecified atom stereocenters. The first kappa shape index (κ1) is 18.4. The fourth-order valence-electron chi connectivity index (χ4n) is 9.53. The summed E-state index contributed by atoms with van der Waals surface area (Å²) in [5, 5.41) is 8.86. The molecule has 6 aromatic carbocycles. The van der Waals surface area contributed by atoms with Crippen molar-refractivity contribution >= 4 is 32.3 Å². The zero-order valence-electron chi connectivity index (χ0n) is 19.9. The van der Waals surface area contributed by atoms with Crippen LogP contribution in [-0.4, -0.2) is 0 Å². The van der Waals surface area contributed by atoms with Gasteiger partial charge in [-0.25, -0.2) is 0 Å². The minimum absolute atomic E-state index is 0.514. The second-order valence-corrected chi connectivity index (χ2v) is 11.5. The van der Waals surface area contributed by atoms with Gasteiger partial charge in [0.25, 0.3) is 0 Å². The van der Waals surface area contributed by atoms with Crippen molar-refractivity contribution in [1.29, 1.82) is 0 Å². The topological polar surface area (TPSA) is 0 Å². The molecule has 6 aromatic rings. The Bertz CT molecular complexity index is 1580. The zero-order valence-corrected chi connectivity index (χ0v) is 19.9. The first-order valence-corrected chi connectivity index (χ1v) is 13.4. The summed E-state index contributed by atoms with van der Waals surface area (Å²) >= 11 is 0. The maximum atomic E-state index is 2.46. The van der Waals surface area contributed by atoms with Crippen molar-refractivity contribution in [3.05, 3.63) is 143 Å². The van der Waals surface area contributed by atoms with Crippen LogP contribution < -0.4 is 0 Å². The van der Waals surface area contributed by atoms with E-state index < -0.39 is 0 Å². The van der Waals surface area contributed by atoms with Crippen molar-refractivity contribution in [2.45, 2.75) is 35.5 Å². The van der Waals surface area contributed by atoms with E-state index in [9.17, 15) is 0 Å². The number of benzene rings is 6. The third-order valence-corrected chi connectivity index (χ3v) is 10.4. The van der Waals surface area contributed by atoms with E-state index in [1.54, 1.807) is 49.5 Å². The standard InChI is InChI=1S/C36H24/c1-7-19-8-2-14-23-28(19)22(13-1)31-32(23)34-26-17-5-11-21-12-6-18-27(30(21)26)36(34)35-25-16-4-10-20-9-3-15-24(29(20)25)33(31)35/h1-18,31-36H. The van der Waals surface area contributed by atoms with Gasteiger partial charge >= 0.3 is 0 Å². The molecule has 0 radical (unpaired) electrons. The minimum atomic E-state index is 0.514. The van der Waals surface area contributed by atoms with Crippen LogP contribution in [0.15, 0.2) is 109 Å². The van der Waals surface area contributed by atoms with Gasteiger partial charge in [0.2, 0.25) is 0 Å². The van der Waals surface area contributed by atoms with Gasteiger partial charge in [-0.1, -0.05) is 109 Å². The van der Waals surface area contributed by atoms with E-state index in [4.69, 9.17) is 0 Å². The Morgan fingerprint density at radius 3 is 0.639 bits per heavy atom. The summed E-state index contributed by atoms with van der Waals surface area (Å²) in [7, 11) is 0. The highest BCUT2D eigenvalue weighted by molar-refractivity contribution is 5.99. The van der Waals surface area contributed by atoms with Crippen LogP contribution in [0.3, 0.4) is 0 Å². The van der Waals surface area contributed by atoms with Crippen LogP contribution in [0, 0.1) is 0 Å². The zero-order chi connectivity index (χ0) is 23.1. The molecule has 168 valence electrons. The summed E-state index contributed by atoms with van der Waals surface area (Å²) in [5.74, 6) is 3.08. The maximum absolute atomic E-state index is 2.46. The van der Waals surface area contributed by atoms with Crippen LogP contribution in [-0.2, 0) is 0 Å². The highest BCUT2D eigenvalue weighted by atomic mass is 14.6. The number of hydrogen-bond donors (Lipinski definition) is 0. The van der Waals surface area contributed by atoms with Gasteiger partial charge in [-0.05, 0) is 101 Å². The predicted molar refractivity (Wildman–Crippen MR) is 148 cm³/mol. The fraction of sp³-hybridized carbons (Fsp3) is 0.167. The molecule has 0 heterocycles. The fourth-order valence-corrected chi connectivity index (χ4v) is 9.53. The maximum Gasteiger partial charge on any atom is -0.000534 e. The lowest BCUT2D eigenvalue weighted by Crippen LogP contribution is -2.34. The first-order valence-electron chi connectivity index (χ1n) is 13.4. The Kier molecular flexibility index (Phi) is 3.10. The van der Waals surface area contributed by atoms with Crippen LogP contribution in [0.2, 0.25) is 0 Å². The second kappa shape index (κ2) is 6.08. The summed E-state index contributed by atoms with van der Waals surface area (Å²) in [5.41, 5.74) is 9.55. The summed E-state index contributed by atoms with van der Waals surface area (Å²) in [6.45, 7) is 0. The quantitative estimate of drug-likeness (QED) is 0.214. The molecule has 0 spiro atoms. The van der Waals surface area contributed by atoms with Gasteiger partial charge in [0, 0.05) is 0 Å². The average Bonchev–Trinajstić information content (AvgIpc) is 3.55. The van der Waals surface area contributed by atoms with Crippen molar-refractivity contribution in [3.8, 4) is 0 Å². The summed E-state index contributed by atoms with van der Waals surface area (Å²) in [6, 6.07) is 42.5. The number of hydrogen-bond acceptors (Lipinski definition) is 0. The lowest BCUT2D eigenvalue weighted by atomic mass is 9.55. The van der Waals surface area contributed by atoms with E-state index in [-0.39, 0.29) is 0 Å². The molecular formula is C36H24. The molecule has 4 aliphatic rings. The van der Waals surface area contributed by atoms with E-state index >= 15 is 0 Å². The molecule has 0 heteroatoms. The summed E-state index contributed by atoms with van der Waals surface area (Å²) < 4.78 is 0. The van der Waals surface area contributed by atoms with Crippen LogP contribution in [0.25, 0.3) is 32.3 Å². The molecule has 0 atom stereocenters. The molecule has 4 aliphatic carbocycles. The summed E-state index contributed by atoms with van der Waals surface area (Å²) in [4.78, 5) is 0. The Morgan fingerprint density at radius 1 is 0.250 bits per heavy atom. The molecule has 0 aromatic heterocycles. The molecule has 0 N–H and O–H groups in total. The highest BCUT2D eigenvalue weighted by Gasteiger charge is 2.60. The SMILES string of the molecule is c1cc2c3c(cccc3c1)C1C2C2c3cccc4cccc(c34)C2C2c3cccc4cccc(c34)C12. The largest absolute Gasteiger partial charge is 0.0613 e. The van der Waals surface area contributed by atoms with Crippen LogP contribution in [0.5, 0.6) is 0 Å². The van der Waals surface area contributed by atoms with Crippen molar-refractivity contribution in [2.24, 2.45) is 0 Å². The van der Waals surface area contributed by atoms with Crippen LogP contribution in [0.4, 0.5) is 0 Å². The third kappa shape index (κ3) is 1.89. The lowest BCUT2D eigenvalue weighted by molar-refractivity contribution is 0.253. The highest BCUT2D eigenvalue weighted by Crippen LogP contribution is 2.75. The van der Waals surface area contributed by atoms with E-state index in [2.05, 4.69) is 109 Å². The molecule has 1 fully saturated rings. The Morgan fingerprint density at radius 2 is 0.444 bits per heavy atom. The minimum Gasteiger partial charge on any atom is -0.0613 e. The van der Waals surface area contributed by atoms with Crippen molar-refractivity contribution in [3.63, 3.8) is 0 Å². The van der Waals surface area contributed by atoms with Crippen molar-refractivity contribution in [2.75, 3.05) is 0 Å². The Labute approximate surface area is 210 Å². The normalized spacial score (nSPS) is 28.0. The molecule has 1 saturated carbocycles. The van der Waals surface area contributed by atoms with E-state index in [1.165, 1.54) is 16.2 Å². The van der Waals surface area contributed by atoms with Crippen molar-refractivity contribution < 1.29 is 0 Å². The summed E-state index contributed by atoms with van der Waals surface area (Å²) in [6.07, 6.45) is 0. The van der Waals surface area contributed by atoms with Gasteiger partial charge in [0.15, 0.2) is 0 Å². The van der Waals surface area contributed by atoms with Crippen molar-refractivity contribution in [1.82, 2.24) is 0 Å². The Hall–Kier alpha value is -3.90. The molecule has 0 aliphatic heterocycles. The third-order valence-electron chi connectivity index (χ3n) is 10.4. The van der Waals surface area contributed by atoms with E-state index in [0.29, 0.717) is 35.5 Å². The van der Waals surface area contributed by atoms with Gasteiger partial charge in [0.1, 0.15) is 0 Å². The molecule has 0 bridgehead atoms. The smallest absolute Gasteiger partial charge is 0.000534 e. The molecule has 0 nitrogen and oxygen atoms in total. The molecule has 0 amide bonds. The second-order valence-electron chi connectivity index (χ2n) is 11.5. The first-order chi connectivity index (χ1) is 17.9. The monoisotopic (exact) mass is 456 g/mol. The van der Waals surface area contributed by atoms with Gasteiger partial charge in [-0.3, -0.25) is 0 Å². The average molecular weight is 457 g/mol. The Balaban J connectivity index is 1.38. The van der Waals surface area contributed by atoms with E-state index in [0.717, 1.165) is 0 Å². The van der Waals surface area contributed by atoms with Crippen LogP contribution >= 0.6 is 0 Å². The molecule has 0 saturated heterocycles.